The lowest BCUT2D eigenvalue weighted by molar-refractivity contribution is 0.0950. The van der Waals surface area contributed by atoms with Crippen LogP contribution in [-0.4, -0.2) is 11.1 Å². The van der Waals surface area contributed by atoms with Crippen LogP contribution in [0.3, 0.4) is 0 Å². The van der Waals surface area contributed by atoms with Crippen molar-refractivity contribution < 1.29 is 13.7 Å². The van der Waals surface area contributed by atoms with Crippen molar-refractivity contribution in [3.63, 3.8) is 0 Å². The number of nitrogens with one attached hydrogen (secondary N) is 1. The predicted octanol–water partition coefficient (Wildman–Crippen LogP) is 4.99. The summed E-state index contributed by atoms with van der Waals surface area (Å²) in [5.41, 5.74) is 3.59. The number of carbonyl (C=O) groups excluding carboxylic acids is 1. The number of hydrogen-bond acceptors (Lipinski definition) is 3. The highest BCUT2D eigenvalue weighted by Crippen LogP contribution is 2.33. The van der Waals surface area contributed by atoms with Gasteiger partial charge in [0.1, 0.15) is 22.8 Å². The van der Waals surface area contributed by atoms with Gasteiger partial charge in [0.05, 0.1) is 10.6 Å². The Labute approximate surface area is 156 Å². The zero-order valence-corrected chi connectivity index (χ0v) is 15.4. The molecule has 0 radical (unpaired) electrons. The van der Waals surface area contributed by atoms with Gasteiger partial charge >= 0.3 is 0 Å². The first-order valence-electron chi connectivity index (χ1n) is 8.13. The number of nitrogens with zero attached hydrogens (tertiary/aromatic N) is 1. The highest BCUT2D eigenvalue weighted by Gasteiger charge is 2.25. The summed E-state index contributed by atoms with van der Waals surface area (Å²) in [5.74, 6) is -0.648. The Morgan fingerprint density at radius 3 is 2.69 bits per heavy atom. The molecule has 6 heteroatoms. The van der Waals surface area contributed by atoms with Crippen LogP contribution in [0.2, 0.25) is 5.02 Å². The van der Waals surface area contributed by atoms with Crippen molar-refractivity contribution in [3.8, 4) is 11.3 Å². The summed E-state index contributed by atoms with van der Waals surface area (Å²) in [6.45, 7) is 5.96. The van der Waals surface area contributed by atoms with Gasteiger partial charge in [0, 0.05) is 6.54 Å². The second-order valence-corrected chi connectivity index (χ2v) is 6.58. The normalized spacial score (nSPS) is 10.8. The number of rotatable bonds is 4. The van der Waals surface area contributed by atoms with E-state index in [9.17, 15) is 9.18 Å². The SMILES string of the molecule is Cc1ccc(CNC(=O)c2c(-c3c(F)cccc3Cl)noc2C)c(C)c1. The minimum absolute atomic E-state index is 0.0580. The monoisotopic (exact) mass is 372 g/mol. The van der Waals surface area contributed by atoms with E-state index in [0.717, 1.165) is 16.7 Å². The fourth-order valence-electron chi connectivity index (χ4n) is 2.84. The van der Waals surface area contributed by atoms with Crippen LogP contribution in [0.1, 0.15) is 32.8 Å². The molecule has 1 N–H and O–H groups in total. The molecule has 0 spiro atoms. The molecular formula is C20H18ClFN2O2. The van der Waals surface area contributed by atoms with E-state index in [0.29, 0.717) is 12.3 Å². The van der Waals surface area contributed by atoms with Crippen LogP contribution in [0.25, 0.3) is 11.3 Å². The summed E-state index contributed by atoms with van der Waals surface area (Å²) in [4.78, 5) is 12.7. The summed E-state index contributed by atoms with van der Waals surface area (Å²) in [6, 6.07) is 10.3. The Balaban J connectivity index is 1.90. The molecule has 3 rings (SSSR count). The molecule has 1 heterocycles. The van der Waals surface area contributed by atoms with Crippen LogP contribution < -0.4 is 5.32 Å². The molecule has 1 amide bonds. The van der Waals surface area contributed by atoms with Crippen molar-refractivity contribution in [1.29, 1.82) is 0 Å². The molecule has 1 aromatic heterocycles. The number of benzene rings is 2. The Morgan fingerprint density at radius 1 is 1.23 bits per heavy atom. The minimum atomic E-state index is -0.561. The first kappa shape index (κ1) is 18.1. The average molecular weight is 373 g/mol. The third kappa shape index (κ3) is 3.48. The Hall–Kier alpha value is -2.66. The van der Waals surface area contributed by atoms with Gasteiger partial charge in [-0.15, -0.1) is 0 Å². The lowest BCUT2D eigenvalue weighted by Crippen LogP contribution is -2.24. The fourth-order valence-corrected chi connectivity index (χ4v) is 3.09. The van der Waals surface area contributed by atoms with Crippen molar-refractivity contribution in [3.05, 3.63) is 75.3 Å². The van der Waals surface area contributed by atoms with E-state index in [-0.39, 0.29) is 21.8 Å². The quantitative estimate of drug-likeness (QED) is 0.702. The van der Waals surface area contributed by atoms with Crippen LogP contribution in [0.15, 0.2) is 40.9 Å². The summed E-state index contributed by atoms with van der Waals surface area (Å²) in [5, 5.41) is 6.87. The second-order valence-electron chi connectivity index (χ2n) is 6.17. The molecule has 3 aromatic rings. The van der Waals surface area contributed by atoms with Crippen LogP contribution >= 0.6 is 11.6 Å². The van der Waals surface area contributed by atoms with Crippen molar-refractivity contribution >= 4 is 17.5 Å². The second kappa shape index (κ2) is 7.30. The van der Waals surface area contributed by atoms with E-state index < -0.39 is 11.7 Å². The smallest absolute Gasteiger partial charge is 0.257 e. The topological polar surface area (TPSA) is 55.1 Å². The standard InChI is InChI=1S/C20H18ClFN2O2/c1-11-7-8-14(12(2)9-11)10-23-20(25)17-13(3)26-24-19(17)18-15(21)5-4-6-16(18)22/h4-9H,10H2,1-3H3,(H,23,25). The molecule has 134 valence electrons. The van der Waals surface area contributed by atoms with Gasteiger partial charge in [-0.25, -0.2) is 4.39 Å². The Morgan fingerprint density at radius 2 is 2.00 bits per heavy atom. The number of halogens is 2. The highest BCUT2D eigenvalue weighted by atomic mass is 35.5. The molecule has 0 fully saturated rings. The zero-order chi connectivity index (χ0) is 18.8. The molecule has 0 aliphatic carbocycles. The molecule has 0 bridgehead atoms. The van der Waals surface area contributed by atoms with Gasteiger partial charge in [0.25, 0.3) is 5.91 Å². The van der Waals surface area contributed by atoms with Gasteiger partial charge in [0.2, 0.25) is 0 Å². The summed E-state index contributed by atoms with van der Waals surface area (Å²) in [6.07, 6.45) is 0. The maximum absolute atomic E-state index is 14.2. The molecule has 2 aromatic carbocycles. The first-order chi connectivity index (χ1) is 12.4. The van der Waals surface area contributed by atoms with E-state index in [1.165, 1.54) is 12.1 Å². The molecule has 0 aliphatic rings. The Kier molecular flexibility index (Phi) is 5.09. The maximum Gasteiger partial charge on any atom is 0.257 e. The van der Waals surface area contributed by atoms with E-state index in [2.05, 4.69) is 16.5 Å². The molecule has 26 heavy (non-hydrogen) atoms. The first-order valence-corrected chi connectivity index (χ1v) is 8.51. The lowest BCUT2D eigenvalue weighted by atomic mass is 10.0. The number of hydrogen-bond donors (Lipinski definition) is 1. The van der Waals surface area contributed by atoms with Crippen molar-refractivity contribution in [1.82, 2.24) is 10.5 Å². The summed E-state index contributed by atoms with van der Waals surface area (Å²) in [7, 11) is 0. The number of amides is 1. The van der Waals surface area contributed by atoms with Gasteiger partial charge in [-0.1, -0.05) is 46.6 Å². The van der Waals surface area contributed by atoms with E-state index in [4.69, 9.17) is 16.1 Å². The third-order valence-electron chi connectivity index (χ3n) is 4.23. The average Bonchev–Trinajstić information content (AvgIpc) is 2.95. The van der Waals surface area contributed by atoms with Crippen LogP contribution in [0.5, 0.6) is 0 Å². The predicted molar refractivity (Wildman–Crippen MR) is 98.7 cm³/mol. The van der Waals surface area contributed by atoms with Crippen LogP contribution in [0.4, 0.5) is 4.39 Å². The van der Waals surface area contributed by atoms with Gasteiger partial charge in [-0.3, -0.25) is 4.79 Å². The van der Waals surface area contributed by atoms with Crippen molar-refractivity contribution in [2.75, 3.05) is 0 Å². The lowest BCUT2D eigenvalue weighted by Gasteiger charge is -2.10. The fraction of sp³-hybridized carbons (Fsp3) is 0.200. The van der Waals surface area contributed by atoms with Crippen molar-refractivity contribution in [2.45, 2.75) is 27.3 Å². The number of carbonyl (C=O) groups is 1. The highest BCUT2D eigenvalue weighted by molar-refractivity contribution is 6.33. The molecule has 4 nitrogen and oxygen atoms in total. The summed E-state index contributed by atoms with van der Waals surface area (Å²) >= 11 is 6.11. The largest absolute Gasteiger partial charge is 0.360 e. The summed E-state index contributed by atoms with van der Waals surface area (Å²) < 4.78 is 19.4. The number of aryl methyl sites for hydroxylation is 3. The maximum atomic E-state index is 14.2. The van der Waals surface area contributed by atoms with E-state index >= 15 is 0 Å². The zero-order valence-electron chi connectivity index (χ0n) is 14.7. The number of aromatic nitrogens is 1. The third-order valence-corrected chi connectivity index (χ3v) is 4.54. The molecule has 0 atom stereocenters. The molecule has 0 aliphatic heterocycles. The van der Waals surface area contributed by atoms with Gasteiger partial charge in [0.15, 0.2) is 0 Å². The van der Waals surface area contributed by atoms with Crippen molar-refractivity contribution in [2.24, 2.45) is 0 Å². The van der Waals surface area contributed by atoms with Gasteiger partial charge < -0.3 is 9.84 Å². The van der Waals surface area contributed by atoms with Gasteiger partial charge in [-0.05, 0) is 44.0 Å². The minimum Gasteiger partial charge on any atom is -0.360 e. The Bertz CT molecular complexity index is 962. The van der Waals surface area contributed by atoms with Gasteiger partial charge in [-0.2, -0.15) is 0 Å². The van der Waals surface area contributed by atoms with E-state index in [1.807, 2.05) is 26.0 Å². The molecule has 0 saturated heterocycles. The van der Waals surface area contributed by atoms with Crippen LogP contribution in [-0.2, 0) is 6.54 Å². The molecule has 0 unspecified atom stereocenters. The van der Waals surface area contributed by atoms with Crippen LogP contribution in [0, 0.1) is 26.6 Å². The molecular weight excluding hydrogens is 355 g/mol. The van der Waals surface area contributed by atoms with E-state index in [1.54, 1.807) is 13.0 Å². The molecule has 0 saturated carbocycles.